The number of carboxylic acid groups (broad SMARTS) is 1. The number of carbonyl (C=O) groups is 3. The first-order valence-electron chi connectivity index (χ1n) is 6.25. The van der Waals surface area contributed by atoms with Crippen LogP contribution in [0.4, 0.5) is 5.82 Å². The summed E-state index contributed by atoms with van der Waals surface area (Å²) in [6.07, 6.45) is 0. The molecule has 0 saturated heterocycles. The van der Waals surface area contributed by atoms with Crippen molar-refractivity contribution in [3.05, 3.63) is 56.3 Å². The third kappa shape index (κ3) is 2.16. The monoisotopic (exact) mass is 333 g/mol. The molecule has 0 aliphatic carbocycles. The fourth-order valence-electron chi connectivity index (χ4n) is 2.36. The van der Waals surface area contributed by atoms with Gasteiger partial charge in [0, 0.05) is 6.07 Å². The highest BCUT2D eigenvalue weighted by Crippen LogP contribution is 2.25. The summed E-state index contributed by atoms with van der Waals surface area (Å²) in [6, 6.07) is 4.77. The molecule has 1 aromatic carbocycles. The number of nitrogens with zero attached hydrogens (tertiary/aromatic N) is 1. The van der Waals surface area contributed by atoms with E-state index in [1.807, 2.05) is 0 Å². The van der Waals surface area contributed by atoms with Gasteiger partial charge in [-0.1, -0.05) is 11.6 Å². The van der Waals surface area contributed by atoms with Crippen molar-refractivity contribution in [2.75, 3.05) is 5.73 Å². The zero-order valence-corrected chi connectivity index (χ0v) is 12.0. The standard InChI is InChI=1S/C14H8ClN3O5/c15-8-3-5(1-2-6(8)14(22)23)18-9(19)4-7-10(11(18)16)13(21)17-12(7)20/h1-4H,16H2,(H,22,23)(H,17,20,21). The lowest BCUT2D eigenvalue weighted by Crippen LogP contribution is -2.24. The molecular formula is C14H8ClN3O5. The number of aromatic carboxylic acids is 1. The van der Waals surface area contributed by atoms with Gasteiger partial charge in [-0.25, -0.2) is 4.79 Å². The molecule has 9 heteroatoms. The number of imide groups is 1. The molecule has 0 radical (unpaired) electrons. The van der Waals surface area contributed by atoms with E-state index in [1.54, 1.807) is 0 Å². The van der Waals surface area contributed by atoms with E-state index in [2.05, 4.69) is 5.32 Å². The third-order valence-electron chi connectivity index (χ3n) is 3.39. The van der Waals surface area contributed by atoms with Crippen molar-refractivity contribution in [2.24, 2.45) is 0 Å². The van der Waals surface area contributed by atoms with Crippen molar-refractivity contribution < 1.29 is 19.5 Å². The first-order valence-corrected chi connectivity index (χ1v) is 6.63. The van der Waals surface area contributed by atoms with E-state index < -0.39 is 23.3 Å². The number of anilines is 1. The molecule has 0 saturated carbocycles. The van der Waals surface area contributed by atoms with Crippen LogP contribution in [0.25, 0.3) is 5.69 Å². The van der Waals surface area contributed by atoms with Gasteiger partial charge in [-0.2, -0.15) is 0 Å². The van der Waals surface area contributed by atoms with E-state index in [0.717, 1.165) is 10.6 Å². The molecule has 1 aliphatic heterocycles. The summed E-state index contributed by atoms with van der Waals surface area (Å²) in [5, 5.41) is 10.9. The summed E-state index contributed by atoms with van der Waals surface area (Å²) in [6.45, 7) is 0. The lowest BCUT2D eigenvalue weighted by Gasteiger charge is -2.12. The predicted octanol–water partition coefficient (Wildman–Crippen LogP) is 0.655. The van der Waals surface area contributed by atoms with Crippen LogP contribution in [0.15, 0.2) is 29.1 Å². The molecule has 1 aliphatic rings. The number of hydrogen-bond acceptors (Lipinski definition) is 5. The molecule has 1 aromatic heterocycles. The molecule has 8 nitrogen and oxygen atoms in total. The zero-order chi connectivity index (χ0) is 16.9. The van der Waals surface area contributed by atoms with E-state index in [1.165, 1.54) is 18.2 Å². The Hall–Kier alpha value is -3.13. The predicted molar refractivity (Wildman–Crippen MR) is 80.2 cm³/mol. The summed E-state index contributed by atoms with van der Waals surface area (Å²) >= 11 is 5.88. The van der Waals surface area contributed by atoms with Crippen molar-refractivity contribution >= 4 is 35.2 Å². The van der Waals surface area contributed by atoms with Crippen LogP contribution in [-0.4, -0.2) is 27.5 Å². The Morgan fingerprint density at radius 1 is 1.17 bits per heavy atom. The molecule has 2 aromatic rings. The molecule has 23 heavy (non-hydrogen) atoms. The van der Waals surface area contributed by atoms with Gasteiger partial charge >= 0.3 is 5.97 Å². The van der Waals surface area contributed by atoms with Gasteiger partial charge in [0.2, 0.25) is 0 Å². The number of amides is 2. The van der Waals surface area contributed by atoms with Crippen LogP contribution in [0.3, 0.4) is 0 Å². The van der Waals surface area contributed by atoms with Gasteiger partial charge in [0.05, 0.1) is 27.4 Å². The molecular weight excluding hydrogens is 326 g/mol. The highest BCUT2D eigenvalue weighted by Gasteiger charge is 2.31. The Morgan fingerprint density at radius 2 is 1.87 bits per heavy atom. The molecule has 3 rings (SSSR count). The molecule has 0 bridgehead atoms. The highest BCUT2D eigenvalue weighted by molar-refractivity contribution is 6.33. The molecule has 4 N–H and O–H groups in total. The Kier molecular flexibility index (Phi) is 3.19. The van der Waals surface area contributed by atoms with E-state index >= 15 is 0 Å². The molecule has 2 heterocycles. The van der Waals surface area contributed by atoms with Gasteiger partial charge in [0.1, 0.15) is 5.82 Å². The Labute approximate surface area is 133 Å². The van der Waals surface area contributed by atoms with Crippen molar-refractivity contribution in [1.82, 2.24) is 9.88 Å². The molecule has 116 valence electrons. The van der Waals surface area contributed by atoms with Gasteiger partial charge in [-0.05, 0) is 18.2 Å². The molecule has 0 fully saturated rings. The van der Waals surface area contributed by atoms with Crippen molar-refractivity contribution in [1.29, 1.82) is 0 Å². The van der Waals surface area contributed by atoms with Gasteiger partial charge in [-0.15, -0.1) is 0 Å². The average molecular weight is 334 g/mol. The smallest absolute Gasteiger partial charge is 0.337 e. The summed E-state index contributed by atoms with van der Waals surface area (Å²) in [5.74, 6) is -2.85. The van der Waals surface area contributed by atoms with E-state index in [0.29, 0.717) is 0 Å². The van der Waals surface area contributed by atoms with E-state index in [9.17, 15) is 19.2 Å². The number of carbonyl (C=O) groups excluding carboxylic acids is 2. The summed E-state index contributed by atoms with van der Waals surface area (Å²) in [7, 11) is 0. The second-order valence-electron chi connectivity index (χ2n) is 4.74. The summed E-state index contributed by atoms with van der Waals surface area (Å²) < 4.78 is 0.981. The van der Waals surface area contributed by atoms with Crippen LogP contribution in [0, 0.1) is 0 Å². The lowest BCUT2D eigenvalue weighted by molar-refractivity contribution is 0.0696. The number of fused-ring (bicyclic) bond motifs is 1. The number of pyridine rings is 1. The number of rotatable bonds is 2. The number of benzene rings is 1. The van der Waals surface area contributed by atoms with E-state index in [-0.39, 0.29) is 33.2 Å². The van der Waals surface area contributed by atoms with Crippen LogP contribution in [-0.2, 0) is 0 Å². The largest absolute Gasteiger partial charge is 0.478 e. The molecule has 0 atom stereocenters. The second-order valence-corrected chi connectivity index (χ2v) is 5.15. The number of carboxylic acids is 1. The maximum atomic E-state index is 12.2. The Morgan fingerprint density at radius 3 is 2.48 bits per heavy atom. The number of nitrogens with one attached hydrogen (secondary N) is 1. The number of halogens is 1. The number of nitrogen functional groups attached to an aromatic ring is 1. The number of hydrogen-bond donors (Lipinski definition) is 3. The van der Waals surface area contributed by atoms with E-state index in [4.69, 9.17) is 22.4 Å². The first-order chi connectivity index (χ1) is 10.8. The minimum atomic E-state index is -1.22. The third-order valence-corrected chi connectivity index (χ3v) is 3.71. The average Bonchev–Trinajstić information content (AvgIpc) is 2.73. The van der Waals surface area contributed by atoms with Gasteiger partial charge in [-0.3, -0.25) is 24.3 Å². The van der Waals surface area contributed by atoms with Gasteiger partial charge < -0.3 is 10.8 Å². The van der Waals surface area contributed by atoms with Crippen molar-refractivity contribution in [3.63, 3.8) is 0 Å². The van der Waals surface area contributed by atoms with Crippen LogP contribution < -0.4 is 16.6 Å². The number of aromatic nitrogens is 1. The first kappa shape index (κ1) is 14.8. The second kappa shape index (κ2) is 4.96. The SMILES string of the molecule is Nc1c2c(cc(=O)n1-c1ccc(C(=O)O)c(Cl)c1)C(=O)NC2=O. The fourth-order valence-corrected chi connectivity index (χ4v) is 2.62. The topological polar surface area (TPSA) is 131 Å². The fraction of sp³-hybridized carbons (Fsp3) is 0. The minimum Gasteiger partial charge on any atom is -0.478 e. The number of nitrogens with two attached hydrogens (primary N) is 1. The van der Waals surface area contributed by atoms with Gasteiger partial charge in [0.25, 0.3) is 17.4 Å². The summed E-state index contributed by atoms with van der Waals surface area (Å²) in [5.41, 5.74) is 5.05. The molecule has 0 unspecified atom stereocenters. The molecule has 0 spiro atoms. The minimum absolute atomic E-state index is 0.0951. The quantitative estimate of drug-likeness (QED) is 0.691. The molecule has 2 amide bonds. The maximum absolute atomic E-state index is 12.2. The van der Waals surface area contributed by atoms with Gasteiger partial charge in [0.15, 0.2) is 0 Å². The Balaban J connectivity index is 2.27. The summed E-state index contributed by atoms with van der Waals surface area (Å²) in [4.78, 5) is 46.5. The van der Waals surface area contributed by atoms with Crippen LogP contribution in [0.5, 0.6) is 0 Å². The van der Waals surface area contributed by atoms with Crippen LogP contribution in [0.2, 0.25) is 5.02 Å². The lowest BCUT2D eigenvalue weighted by atomic mass is 10.1. The van der Waals surface area contributed by atoms with Crippen molar-refractivity contribution in [3.8, 4) is 5.69 Å². The van der Waals surface area contributed by atoms with Crippen LogP contribution >= 0.6 is 11.6 Å². The highest BCUT2D eigenvalue weighted by atomic mass is 35.5. The zero-order valence-electron chi connectivity index (χ0n) is 11.3. The van der Waals surface area contributed by atoms with Crippen LogP contribution in [0.1, 0.15) is 31.1 Å². The van der Waals surface area contributed by atoms with Crippen molar-refractivity contribution in [2.45, 2.75) is 0 Å². The maximum Gasteiger partial charge on any atom is 0.337 e. The normalized spacial score (nSPS) is 12.9. The Bertz CT molecular complexity index is 964.